The van der Waals surface area contributed by atoms with Crippen LogP contribution in [0.2, 0.25) is 0 Å². The van der Waals surface area contributed by atoms with Gasteiger partial charge in [-0.3, -0.25) is 9.48 Å². The Balaban J connectivity index is 2.45. The number of carbonyl (C=O) groups excluding carboxylic acids is 1. The molecule has 0 aliphatic carbocycles. The highest BCUT2D eigenvalue weighted by molar-refractivity contribution is 6.06. The Hall–Kier alpha value is -1.98. The minimum absolute atomic E-state index is 0.102. The van der Waals surface area contributed by atoms with Crippen molar-refractivity contribution in [1.29, 1.82) is 0 Å². The number of hydrogen-bond donors (Lipinski definition) is 0. The molecule has 2 aromatic heterocycles. The molecule has 0 fully saturated rings. The van der Waals surface area contributed by atoms with Gasteiger partial charge in [0.05, 0.1) is 11.9 Å². The fourth-order valence-corrected chi connectivity index (χ4v) is 1.60. The van der Waals surface area contributed by atoms with E-state index in [1.807, 2.05) is 13.8 Å². The van der Waals surface area contributed by atoms with Crippen LogP contribution in [0, 0.1) is 6.92 Å². The molecule has 16 heavy (non-hydrogen) atoms. The third-order valence-corrected chi connectivity index (χ3v) is 2.38. The van der Waals surface area contributed by atoms with Gasteiger partial charge in [0.2, 0.25) is 5.78 Å². The van der Waals surface area contributed by atoms with E-state index in [0.717, 1.165) is 5.69 Å². The first-order chi connectivity index (χ1) is 7.63. The standard InChI is InChI=1S/C10H13N5O/c1-4-15-8(5-7(2)12-15)10(16)9-6-11-13-14(9)3/h5-6H,4H2,1-3H3. The molecule has 0 radical (unpaired) electrons. The van der Waals surface area contributed by atoms with Crippen LogP contribution in [-0.4, -0.2) is 30.6 Å². The summed E-state index contributed by atoms with van der Waals surface area (Å²) >= 11 is 0. The van der Waals surface area contributed by atoms with Crippen molar-refractivity contribution in [1.82, 2.24) is 24.8 Å². The molecule has 6 nitrogen and oxygen atoms in total. The maximum atomic E-state index is 12.2. The largest absolute Gasteiger partial charge is 0.285 e. The lowest BCUT2D eigenvalue weighted by Crippen LogP contribution is -2.13. The van der Waals surface area contributed by atoms with Gasteiger partial charge in [0, 0.05) is 13.6 Å². The highest BCUT2D eigenvalue weighted by Gasteiger charge is 2.18. The molecule has 0 aromatic carbocycles. The number of aromatic nitrogens is 5. The van der Waals surface area contributed by atoms with E-state index in [0.29, 0.717) is 17.9 Å². The predicted octanol–water partition coefficient (Wildman–Crippen LogP) is 0.571. The smallest absolute Gasteiger partial charge is 0.230 e. The van der Waals surface area contributed by atoms with Crippen LogP contribution in [0.3, 0.4) is 0 Å². The second-order valence-electron chi connectivity index (χ2n) is 3.56. The molecule has 2 aromatic rings. The van der Waals surface area contributed by atoms with Crippen molar-refractivity contribution in [2.75, 3.05) is 0 Å². The topological polar surface area (TPSA) is 65.6 Å². The van der Waals surface area contributed by atoms with E-state index in [-0.39, 0.29) is 5.78 Å². The van der Waals surface area contributed by atoms with E-state index in [1.54, 1.807) is 17.8 Å². The molecule has 84 valence electrons. The monoisotopic (exact) mass is 219 g/mol. The van der Waals surface area contributed by atoms with E-state index in [4.69, 9.17) is 0 Å². The minimum Gasteiger partial charge on any atom is -0.285 e. The Kier molecular flexibility index (Phi) is 2.55. The molecule has 2 rings (SSSR count). The fraction of sp³-hybridized carbons (Fsp3) is 0.400. The van der Waals surface area contributed by atoms with Gasteiger partial charge in [-0.25, -0.2) is 4.68 Å². The molecule has 6 heteroatoms. The molecular formula is C10H13N5O. The van der Waals surface area contributed by atoms with Crippen LogP contribution in [0.15, 0.2) is 12.3 Å². The van der Waals surface area contributed by atoms with Crippen LogP contribution < -0.4 is 0 Å². The number of ketones is 1. The molecule has 0 saturated heterocycles. The Morgan fingerprint density at radius 1 is 1.44 bits per heavy atom. The molecule has 2 heterocycles. The zero-order chi connectivity index (χ0) is 11.7. The van der Waals surface area contributed by atoms with Crippen LogP contribution >= 0.6 is 0 Å². The molecule has 0 bridgehead atoms. The van der Waals surface area contributed by atoms with Crippen LogP contribution in [0.5, 0.6) is 0 Å². The van der Waals surface area contributed by atoms with E-state index in [2.05, 4.69) is 15.4 Å². The average molecular weight is 219 g/mol. The highest BCUT2D eigenvalue weighted by atomic mass is 16.1. The quantitative estimate of drug-likeness (QED) is 0.708. The zero-order valence-electron chi connectivity index (χ0n) is 9.51. The fourth-order valence-electron chi connectivity index (χ4n) is 1.60. The van der Waals surface area contributed by atoms with Crippen LogP contribution in [0.25, 0.3) is 0 Å². The van der Waals surface area contributed by atoms with Crippen molar-refractivity contribution in [2.24, 2.45) is 7.05 Å². The normalized spacial score (nSPS) is 10.7. The summed E-state index contributed by atoms with van der Waals surface area (Å²) in [6.07, 6.45) is 1.46. The number of nitrogens with zero attached hydrogens (tertiary/aromatic N) is 5. The summed E-state index contributed by atoms with van der Waals surface area (Å²) in [6, 6.07) is 1.78. The maximum absolute atomic E-state index is 12.2. The molecule has 0 spiro atoms. The first-order valence-corrected chi connectivity index (χ1v) is 5.07. The minimum atomic E-state index is -0.102. The Bertz CT molecular complexity index is 525. The maximum Gasteiger partial charge on any atom is 0.230 e. The summed E-state index contributed by atoms with van der Waals surface area (Å²) in [6.45, 7) is 4.48. The van der Waals surface area contributed by atoms with Gasteiger partial charge >= 0.3 is 0 Å². The number of carbonyl (C=O) groups is 1. The van der Waals surface area contributed by atoms with Crippen molar-refractivity contribution >= 4 is 5.78 Å². The van der Waals surface area contributed by atoms with Gasteiger partial charge in [0.1, 0.15) is 11.4 Å². The van der Waals surface area contributed by atoms with Crippen molar-refractivity contribution in [3.63, 3.8) is 0 Å². The third kappa shape index (κ3) is 1.62. The van der Waals surface area contributed by atoms with Gasteiger partial charge in [-0.05, 0) is 19.9 Å². The Morgan fingerprint density at radius 3 is 2.75 bits per heavy atom. The molecule has 0 amide bonds. The van der Waals surface area contributed by atoms with Gasteiger partial charge < -0.3 is 0 Å². The molecule has 0 aliphatic rings. The van der Waals surface area contributed by atoms with Crippen LogP contribution in [-0.2, 0) is 13.6 Å². The first kappa shape index (κ1) is 10.5. The van der Waals surface area contributed by atoms with Crippen LogP contribution in [0.4, 0.5) is 0 Å². The van der Waals surface area contributed by atoms with E-state index in [1.165, 1.54) is 10.9 Å². The average Bonchev–Trinajstić information content (AvgIpc) is 2.83. The lowest BCUT2D eigenvalue weighted by molar-refractivity contribution is 0.102. The molecule has 0 N–H and O–H groups in total. The summed E-state index contributed by atoms with van der Waals surface area (Å²) in [4.78, 5) is 12.2. The summed E-state index contributed by atoms with van der Waals surface area (Å²) < 4.78 is 3.15. The zero-order valence-corrected chi connectivity index (χ0v) is 9.51. The highest BCUT2D eigenvalue weighted by Crippen LogP contribution is 2.09. The molecule has 0 aliphatic heterocycles. The third-order valence-electron chi connectivity index (χ3n) is 2.38. The van der Waals surface area contributed by atoms with Gasteiger partial charge in [-0.2, -0.15) is 5.10 Å². The van der Waals surface area contributed by atoms with Gasteiger partial charge in [0.25, 0.3) is 0 Å². The summed E-state index contributed by atoms with van der Waals surface area (Å²) in [5.74, 6) is -0.102. The Morgan fingerprint density at radius 2 is 2.19 bits per heavy atom. The number of aryl methyl sites for hydroxylation is 3. The summed E-state index contributed by atoms with van der Waals surface area (Å²) in [5.41, 5.74) is 1.88. The van der Waals surface area contributed by atoms with Crippen molar-refractivity contribution in [2.45, 2.75) is 20.4 Å². The van der Waals surface area contributed by atoms with Crippen molar-refractivity contribution in [3.8, 4) is 0 Å². The van der Waals surface area contributed by atoms with E-state index >= 15 is 0 Å². The predicted molar refractivity (Wildman–Crippen MR) is 57.1 cm³/mol. The summed E-state index contributed by atoms with van der Waals surface area (Å²) in [7, 11) is 1.69. The van der Waals surface area contributed by atoms with Gasteiger partial charge in [-0.1, -0.05) is 5.21 Å². The van der Waals surface area contributed by atoms with Crippen molar-refractivity contribution < 1.29 is 4.79 Å². The van der Waals surface area contributed by atoms with Crippen LogP contribution in [0.1, 0.15) is 28.8 Å². The number of hydrogen-bond acceptors (Lipinski definition) is 4. The lowest BCUT2D eigenvalue weighted by atomic mass is 10.2. The molecule has 0 saturated carbocycles. The van der Waals surface area contributed by atoms with Crippen molar-refractivity contribution in [3.05, 3.63) is 29.3 Å². The first-order valence-electron chi connectivity index (χ1n) is 5.07. The van der Waals surface area contributed by atoms with Gasteiger partial charge in [0.15, 0.2) is 0 Å². The van der Waals surface area contributed by atoms with E-state index in [9.17, 15) is 4.79 Å². The summed E-state index contributed by atoms with van der Waals surface area (Å²) in [5, 5.41) is 11.7. The molecular weight excluding hydrogens is 206 g/mol. The second kappa shape index (κ2) is 3.88. The molecule has 0 unspecified atom stereocenters. The second-order valence-corrected chi connectivity index (χ2v) is 3.56. The Labute approximate surface area is 92.9 Å². The van der Waals surface area contributed by atoms with E-state index < -0.39 is 0 Å². The SMILES string of the molecule is CCn1nc(C)cc1C(=O)c1cnnn1C. The lowest BCUT2D eigenvalue weighted by Gasteiger charge is -2.02. The van der Waals surface area contributed by atoms with Gasteiger partial charge in [-0.15, -0.1) is 5.10 Å². The molecule has 0 atom stereocenters. The number of rotatable bonds is 3.